The normalized spacial score (nSPS) is 18.8. The molecule has 0 bridgehead atoms. The molecule has 0 spiro atoms. The number of fused-ring (bicyclic) bond motifs is 1. The number of benzene rings is 2. The van der Waals surface area contributed by atoms with Crippen molar-refractivity contribution in [2.75, 3.05) is 48.8 Å². The number of nitrogens with one attached hydrogen (secondary N) is 2. The lowest BCUT2D eigenvalue weighted by Gasteiger charge is -2.36. The van der Waals surface area contributed by atoms with E-state index in [0.29, 0.717) is 30.1 Å². The molecule has 1 aliphatic heterocycles. The molecule has 190 valence electrons. The third kappa shape index (κ3) is 6.36. The van der Waals surface area contributed by atoms with Crippen molar-refractivity contribution in [1.82, 2.24) is 9.62 Å². The van der Waals surface area contributed by atoms with E-state index < -0.39 is 10.0 Å². The van der Waals surface area contributed by atoms with Crippen molar-refractivity contribution < 1.29 is 13.2 Å². The van der Waals surface area contributed by atoms with Gasteiger partial charge in [0.15, 0.2) is 0 Å². The van der Waals surface area contributed by atoms with Crippen molar-refractivity contribution in [2.45, 2.75) is 50.0 Å². The number of carbonyl (C=O) groups excluding carboxylic acids is 1. The quantitative estimate of drug-likeness (QED) is 0.487. The van der Waals surface area contributed by atoms with Crippen LogP contribution in [0.4, 0.5) is 11.4 Å². The van der Waals surface area contributed by atoms with Crippen LogP contribution in [0.2, 0.25) is 0 Å². The molecule has 1 unspecified atom stereocenters. The lowest BCUT2D eigenvalue weighted by Crippen LogP contribution is -2.46. The van der Waals surface area contributed by atoms with E-state index in [2.05, 4.69) is 32.8 Å². The van der Waals surface area contributed by atoms with E-state index in [9.17, 15) is 13.2 Å². The monoisotopic (exact) mass is 518 g/mol. The highest BCUT2D eigenvalue weighted by molar-refractivity contribution is 7.89. The number of halogens is 1. The molecule has 0 radical (unpaired) electrons. The van der Waals surface area contributed by atoms with Crippen LogP contribution < -0.4 is 14.9 Å². The Kier molecular flexibility index (Phi) is 8.70. The lowest BCUT2D eigenvalue weighted by atomic mass is 9.88. The summed E-state index contributed by atoms with van der Waals surface area (Å²) in [4.78, 5) is 17.0. The van der Waals surface area contributed by atoms with Crippen LogP contribution in [-0.4, -0.2) is 57.8 Å². The molecular weight excluding hydrogens is 484 g/mol. The Labute approximate surface area is 213 Å². The van der Waals surface area contributed by atoms with Gasteiger partial charge < -0.3 is 15.1 Å². The van der Waals surface area contributed by atoms with Gasteiger partial charge in [-0.15, -0.1) is 11.6 Å². The largest absolute Gasteiger partial charge is 0.368 e. The van der Waals surface area contributed by atoms with Gasteiger partial charge in [0.25, 0.3) is 0 Å². The van der Waals surface area contributed by atoms with E-state index in [4.69, 9.17) is 11.6 Å². The predicted molar refractivity (Wildman–Crippen MR) is 142 cm³/mol. The number of anilines is 2. The Bertz CT molecular complexity index is 1130. The molecule has 0 saturated carbocycles. The summed E-state index contributed by atoms with van der Waals surface area (Å²) in [5, 5.41) is 2.84. The first-order valence-corrected chi connectivity index (χ1v) is 14.5. The van der Waals surface area contributed by atoms with Gasteiger partial charge in [-0.1, -0.05) is 31.2 Å². The van der Waals surface area contributed by atoms with Gasteiger partial charge in [-0.05, 0) is 61.6 Å². The maximum absolute atomic E-state index is 13.8. The van der Waals surface area contributed by atoms with E-state index >= 15 is 0 Å². The summed E-state index contributed by atoms with van der Waals surface area (Å²) in [7, 11) is -3.85. The number of aryl methyl sites for hydroxylation is 1. The molecule has 1 fully saturated rings. The number of carbonyl (C=O) groups is 1. The molecule has 1 atom stereocenters. The molecule has 2 aromatic rings. The second-order valence-electron chi connectivity index (χ2n) is 9.21. The SMILES string of the molecule is CCN1CCN(c2ccc(NC(=O)CCCCl)cc2S(=O)(=O)NC2CCCc3ccccc32)CC1. The fraction of sp³-hybridized carbons (Fsp3) is 0.500. The van der Waals surface area contributed by atoms with Crippen LogP contribution in [0.1, 0.15) is 49.8 Å². The third-order valence-electron chi connectivity index (χ3n) is 6.90. The summed E-state index contributed by atoms with van der Waals surface area (Å²) >= 11 is 5.71. The summed E-state index contributed by atoms with van der Waals surface area (Å²) in [5.41, 5.74) is 3.40. The molecule has 2 aromatic carbocycles. The predicted octanol–water partition coefficient (Wildman–Crippen LogP) is 4.14. The highest BCUT2D eigenvalue weighted by Crippen LogP contribution is 2.34. The number of nitrogens with zero attached hydrogens (tertiary/aromatic N) is 2. The summed E-state index contributed by atoms with van der Waals surface area (Å²) in [6.07, 6.45) is 3.53. The van der Waals surface area contributed by atoms with Gasteiger partial charge in [-0.2, -0.15) is 0 Å². The number of hydrogen-bond donors (Lipinski definition) is 2. The molecule has 4 rings (SSSR count). The van der Waals surface area contributed by atoms with E-state index in [1.807, 2.05) is 24.3 Å². The number of sulfonamides is 1. The Balaban J connectivity index is 1.64. The lowest BCUT2D eigenvalue weighted by molar-refractivity contribution is -0.116. The molecule has 1 saturated heterocycles. The van der Waals surface area contributed by atoms with Gasteiger partial charge in [-0.25, -0.2) is 13.1 Å². The Morgan fingerprint density at radius 1 is 1.11 bits per heavy atom. The average molecular weight is 519 g/mol. The zero-order chi connectivity index (χ0) is 24.8. The van der Waals surface area contributed by atoms with Crippen LogP contribution >= 0.6 is 11.6 Å². The first kappa shape index (κ1) is 25.9. The molecule has 9 heteroatoms. The summed E-state index contributed by atoms with van der Waals surface area (Å²) < 4.78 is 30.6. The van der Waals surface area contributed by atoms with Crippen LogP contribution in [0.3, 0.4) is 0 Å². The molecule has 0 aromatic heterocycles. The standard InChI is InChI=1S/C26H35ClN4O3S/c1-2-30-15-17-31(18-16-30)24-13-12-21(28-26(32)11-6-14-27)19-25(24)35(33,34)29-23-10-5-8-20-7-3-4-9-22(20)23/h3-4,7,9,12-13,19,23,29H,2,5-6,8,10-11,14-18H2,1H3,(H,28,32). The third-order valence-corrected chi connectivity index (χ3v) is 8.67. The molecule has 1 heterocycles. The van der Waals surface area contributed by atoms with Crippen LogP contribution in [0, 0.1) is 0 Å². The second-order valence-corrected chi connectivity index (χ2v) is 11.3. The fourth-order valence-electron chi connectivity index (χ4n) is 4.95. The highest BCUT2D eigenvalue weighted by Gasteiger charge is 2.30. The van der Waals surface area contributed by atoms with Gasteiger partial charge in [0, 0.05) is 50.2 Å². The zero-order valence-corrected chi connectivity index (χ0v) is 21.9. The van der Waals surface area contributed by atoms with Crippen molar-refractivity contribution in [2.24, 2.45) is 0 Å². The van der Waals surface area contributed by atoms with Crippen LogP contribution in [0.15, 0.2) is 47.4 Å². The molecule has 1 aliphatic carbocycles. The van der Waals surface area contributed by atoms with E-state index in [0.717, 1.165) is 57.5 Å². The molecule has 1 amide bonds. The molecular formula is C26H35ClN4O3S. The van der Waals surface area contributed by atoms with Crippen molar-refractivity contribution >= 4 is 38.9 Å². The maximum atomic E-state index is 13.8. The van der Waals surface area contributed by atoms with Crippen LogP contribution in [0.5, 0.6) is 0 Å². The minimum absolute atomic E-state index is 0.174. The minimum Gasteiger partial charge on any atom is -0.368 e. The van der Waals surface area contributed by atoms with Crippen molar-refractivity contribution in [3.8, 4) is 0 Å². The number of alkyl halides is 1. The Morgan fingerprint density at radius 2 is 1.89 bits per heavy atom. The van der Waals surface area contributed by atoms with Gasteiger partial charge in [0.1, 0.15) is 4.90 Å². The van der Waals surface area contributed by atoms with Crippen molar-refractivity contribution in [1.29, 1.82) is 0 Å². The van der Waals surface area contributed by atoms with Gasteiger partial charge in [-0.3, -0.25) is 4.79 Å². The van der Waals surface area contributed by atoms with Crippen LogP contribution in [0.25, 0.3) is 0 Å². The number of hydrogen-bond acceptors (Lipinski definition) is 5. The molecule has 2 aliphatic rings. The summed E-state index contributed by atoms with van der Waals surface area (Å²) in [6, 6.07) is 13.0. The van der Waals surface area contributed by atoms with E-state index in [1.54, 1.807) is 12.1 Å². The number of likely N-dealkylation sites (N-methyl/N-ethyl adjacent to an activating group) is 1. The maximum Gasteiger partial charge on any atom is 0.243 e. The second kappa shape index (κ2) is 11.7. The van der Waals surface area contributed by atoms with E-state index in [-0.39, 0.29) is 16.8 Å². The summed E-state index contributed by atoms with van der Waals surface area (Å²) in [5.74, 6) is 0.232. The topological polar surface area (TPSA) is 81.8 Å². The molecule has 7 nitrogen and oxygen atoms in total. The Morgan fingerprint density at radius 3 is 2.63 bits per heavy atom. The van der Waals surface area contributed by atoms with Gasteiger partial charge >= 0.3 is 0 Å². The number of piperazine rings is 1. The van der Waals surface area contributed by atoms with Gasteiger partial charge in [0.05, 0.1) is 5.69 Å². The fourth-order valence-corrected chi connectivity index (χ4v) is 6.59. The van der Waals surface area contributed by atoms with Crippen molar-refractivity contribution in [3.63, 3.8) is 0 Å². The molecule has 35 heavy (non-hydrogen) atoms. The average Bonchev–Trinajstić information content (AvgIpc) is 2.87. The zero-order valence-electron chi connectivity index (χ0n) is 20.3. The first-order valence-electron chi connectivity index (χ1n) is 12.5. The molecule has 2 N–H and O–H groups in total. The minimum atomic E-state index is -3.85. The Hall–Kier alpha value is -2.13. The highest BCUT2D eigenvalue weighted by atomic mass is 35.5. The number of amides is 1. The van der Waals surface area contributed by atoms with E-state index in [1.165, 1.54) is 5.56 Å². The van der Waals surface area contributed by atoms with Gasteiger partial charge in [0.2, 0.25) is 15.9 Å². The van der Waals surface area contributed by atoms with Crippen molar-refractivity contribution in [3.05, 3.63) is 53.6 Å². The summed E-state index contributed by atoms with van der Waals surface area (Å²) in [6.45, 7) is 6.40. The number of rotatable bonds is 9. The smallest absolute Gasteiger partial charge is 0.243 e. The van der Waals surface area contributed by atoms with Crippen LogP contribution in [-0.2, 0) is 21.2 Å². The first-order chi connectivity index (χ1) is 16.9.